The first-order chi connectivity index (χ1) is 12.1. The molecule has 1 aliphatic rings. The normalized spacial score (nSPS) is 18.6. The maximum absolute atomic E-state index is 12.5. The largest absolute Gasteiger partial charge is 0.479 e. The molecule has 2 N–H and O–H groups in total. The van der Waals surface area contributed by atoms with Crippen molar-refractivity contribution in [3.05, 3.63) is 72.3 Å². The van der Waals surface area contributed by atoms with Crippen molar-refractivity contribution in [1.29, 1.82) is 0 Å². The Kier molecular flexibility index (Phi) is 4.61. The smallest absolute Gasteiger partial charge is 0.335 e. The van der Waals surface area contributed by atoms with E-state index >= 15 is 0 Å². The molecule has 3 rings (SSSR count). The molecule has 6 nitrogen and oxygen atoms in total. The minimum absolute atomic E-state index is 0.0508. The number of allylic oxidation sites excluding steroid dienone is 1. The van der Waals surface area contributed by atoms with E-state index in [0.29, 0.717) is 17.1 Å². The topological polar surface area (TPSA) is 88.0 Å². The number of aliphatic carboxylic acids is 1. The number of hydrogen-bond donors (Lipinski definition) is 2. The van der Waals surface area contributed by atoms with Crippen LogP contribution in [-0.2, 0) is 4.79 Å². The van der Waals surface area contributed by atoms with E-state index in [1.807, 2.05) is 18.2 Å². The average molecular weight is 336 g/mol. The highest BCUT2D eigenvalue weighted by molar-refractivity contribution is 5.99. The maximum atomic E-state index is 12.5. The SMILES string of the molecule is O=C(NC1(C(=O)O)C=CC=NC1)c1cccc(Oc2ccccc2)c1. The van der Waals surface area contributed by atoms with Gasteiger partial charge in [0.1, 0.15) is 11.5 Å². The van der Waals surface area contributed by atoms with Gasteiger partial charge in [-0.05, 0) is 42.5 Å². The van der Waals surface area contributed by atoms with Gasteiger partial charge in [-0.1, -0.05) is 24.3 Å². The van der Waals surface area contributed by atoms with Crippen molar-refractivity contribution >= 4 is 18.1 Å². The number of nitrogens with zero attached hydrogens (tertiary/aromatic N) is 1. The predicted octanol–water partition coefficient (Wildman–Crippen LogP) is 2.67. The molecular formula is C19H16N2O4. The van der Waals surface area contributed by atoms with Crippen molar-refractivity contribution in [2.75, 3.05) is 6.54 Å². The Balaban J connectivity index is 1.78. The molecule has 1 atom stereocenters. The fourth-order valence-electron chi connectivity index (χ4n) is 2.39. The maximum Gasteiger partial charge on any atom is 0.335 e. The van der Waals surface area contributed by atoms with Crippen molar-refractivity contribution in [3.8, 4) is 11.5 Å². The van der Waals surface area contributed by atoms with E-state index in [1.165, 1.54) is 18.4 Å². The van der Waals surface area contributed by atoms with E-state index in [9.17, 15) is 14.7 Å². The Morgan fingerprint density at radius 3 is 2.52 bits per heavy atom. The molecule has 6 heteroatoms. The summed E-state index contributed by atoms with van der Waals surface area (Å²) in [4.78, 5) is 28.0. The molecule has 25 heavy (non-hydrogen) atoms. The number of ether oxygens (including phenoxy) is 1. The first kappa shape index (κ1) is 16.4. The molecule has 0 spiro atoms. The van der Waals surface area contributed by atoms with Crippen LogP contribution in [-0.4, -0.2) is 35.3 Å². The van der Waals surface area contributed by atoms with Crippen LogP contribution in [0.3, 0.4) is 0 Å². The first-order valence-electron chi connectivity index (χ1n) is 7.66. The van der Waals surface area contributed by atoms with Crippen molar-refractivity contribution in [1.82, 2.24) is 5.32 Å². The van der Waals surface area contributed by atoms with E-state index in [0.717, 1.165) is 0 Å². The van der Waals surface area contributed by atoms with Gasteiger partial charge in [-0.3, -0.25) is 9.79 Å². The quantitative estimate of drug-likeness (QED) is 0.879. The number of dihydropyridines is 1. The lowest BCUT2D eigenvalue weighted by Gasteiger charge is -2.27. The number of hydrogen-bond acceptors (Lipinski definition) is 4. The number of nitrogens with one attached hydrogen (secondary N) is 1. The van der Waals surface area contributed by atoms with Gasteiger partial charge in [-0.25, -0.2) is 4.79 Å². The number of carboxylic acid groups (broad SMARTS) is 1. The highest BCUT2D eigenvalue weighted by Gasteiger charge is 2.38. The van der Waals surface area contributed by atoms with Crippen LogP contribution in [0.5, 0.6) is 11.5 Å². The zero-order valence-corrected chi connectivity index (χ0v) is 13.3. The summed E-state index contributed by atoms with van der Waals surface area (Å²) >= 11 is 0. The predicted molar refractivity (Wildman–Crippen MR) is 93.3 cm³/mol. The van der Waals surface area contributed by atoms with Crippen LogP contribution >= 0.6 is 0 Å². The Hall–Kier alpha value is -3.41. The summed E-state index contributed by atoms with van der Waals surface area (Å²) < 4.78 is 5.70. The van der Waals surface area contributed by atoms with Crippen LogP contribution in [0.4, 0.5) is 0 Å². The summed E-state index contributed by atoms with van der Waals surface area (Å²) in [5, 5.41) is 12.0. The number of benzene rings is 2. The lowest BCUT2D eigenvalue weighted by Crippen LogP contribution is -2.56. The summed E-state index contributed by atoms with van der Waals surface area (Å²) in [7, 11) is 0. The molecule has 2 aromatic rings. The van der Waals surface area contributed by atoms with Gasteiger partial charge in [-0.2, -0.15) is 0 Å². The van der Waals surface area contributed by atoms with Crippen LogP contribution in [0.15, 0.2) is 71.7 Å². The molecule has 0 saturated heterocycles. The second-order valence-electron chi connectivity index (χ2n) is 5.52. The number of carbonyl (C=O) groups excluding carboxylic acids is 1. The Labute approximate surface area is 144 Å². The van der Waals surface area contributed by atoms with Crippen molar-refractivity contribution in [3.63, 3.8) is 0 Å². The molecule has 0 radical (unpaired) electrons. The third-order valence-electron chi connectivity index (χ3n) is 3.71. The van der Waals surface area contributed by atoms with Crippen molar-refractivity contribution in [2.45, 2.75) is 5.54 Å². The van der Waals surface area contributed by atoms with Crippen molar-refractivity contribution in [2.24, 2.45) is 4.99 Å². The summed E-state index contributed by atoms with van der Waals surface area (Å²) in [6, 6.07) is 15.7. The first-order valence-corrected chi connectivity index (χ1v) is 7.66. The standard InChI is InChI=1S/C19H16N2O4/c22-17(21-19(18(23)24)10-5-11-20-13-19)14-6-4-9-16(12-14)25-15-7-2-1-3-8-15/h1-12H,13H2,(H,21,22)(H,23,24). The molecule has 0 aliphatic carbocycles. The molecular weight excluding hydrogens is 320 g/mol. The van der Waals surface area contributed by atoms with Crippen LogP contribution in [0.25, 0.3) is 0 Å². The lowest BCUT2D eigenvalue weighted by molar-refractivity contribution is -0.142. The molecule has 0 bridgehead atoms. The fourth-order valence-corrected chi connectivity index (χ4v) is 2.39. The monoisotopic (exact) mass is 336 g/mol. The third kappa shape index (κ3) is 3.74. The third-order valence-corrected chi connectivity index (χ3v) is 3.71. The van der Waals surface area contributed by atoms with Gasteiger partial charge in [0.2, 0.25) is 0 Å². The zero-order valence-electron chi connectivity index (χ0n) is 13.3. The van der Waals surface area contributed by atoms with E-state index in [2.05, 4.69) is 10.3 Å². The van der Waals surface area contributed by atoms with Gasteiger partial charge in [0.15, 0.2) is 5.54 Å². The number of amides is 1. The van der Waals surface area contributed by atoms with Crippen LogP contribution in [0.1, 0.15) is 10.4 Å². The molecule has 0 saturated carbocycles. The van der Waals surface area contributed by atoms with Crippen LogP contribution in [0.2, 0.25) is 0 Å². The Bertz CT molecular complexity index is 846. The van der Waals surface area contributed by atoms with E-state index < -0.39 is 17.4 Å². The molecule has 2 aromatic carbocycles. The van der Waals surface area contributed by atoms with Gasteiger partial charge in [0, 0.05) is 11.8 Å². The number of para-hydroxylation sites is 1. The Morgan fingerprint density at radius 1 is 1.08 bits per heavy atom. The molecule has 0 fully saturated rings. The van der Waals surface area contributed by atoms with Gasteiger partial charge in [-0.15, -0.1) is 0 Å². The summed E-state index contributed by atoms with van der Waals surface area (Å²) in [5.41, 5.74) is -1.24. The second kappa shape index (κ2) is 7.00. The average Bonchev–Trinajstić information content (AvgIpc) is 2.63. The highest BCUT2D eigenvalue weighted by Crippen LogP contribution is 2.22. The molecule has 1 aliphatic heterocycles. The zero-order chi connectivity index (χ0) is 17.7. The van der Waals surface area contributed by atoms with E-state index in [-0.39, 0.29) is 6.54 Å². The summed E-state index contributed by atoms with van der Waals surface area (Å²) in [6.45, 7) is -0.0508. The molecule has 1 unspecified atom stereocenters. The lowest BCUT2D eigenvalue weighted by atomic mass is 9.97. The minimum Gasteiger partial charge on any atom is -0.479 e. The second-order valence-corrected chi connectivity index (χ2v) is 5.52. The highest BCUT2D eigenvalue weighted by atomic mass is 16.5. The number of aliphatic imine (C=N–C) groups is 1. The molecule has 1 amide bonds. The van der Waals surface area contributed by atoms with E-state index in [4.69, 9.17) is 4.74 Å². The minimum atomic E-state index is -1.54. The fraction of sp³-hybridized carbons (Fsp3) is 0.105. The molecule has 1 heterocycles. The molecule has 126 valence electrons. The number of carboxylic acids is 1. The Morgan fingerprint density at radius 2 is 1.84 bits per heavy atom. The van der Waals surface area contributed by atoms with Crippen LogP contribution in [0, 0.1) is 0 Å². The van der Waals surface area contributed by atoms with Gasteiger partial charge in [0.05, 0.1) is 6.54 Å². The van der Waals surface area contributed by atoms with Gasteiger partial charge >= 0.3 is 5.97 Å². The number of carbonyl (C=O) groups is 2. The van der Waals surface area contributed by atoms with Gasteiger partial charge in [0.25, 0.3) is 5.91 Å². The number of rotatable bonds is 5. The van der Waals surface area contributed by atoms with Crippen molar-refractivity contribution < 1.29 is 19.4 Å². The van der Waals surface area contributed by atoms with Gasteiger partial charge < -0.3 is 15.2 Å². The summed E-state index contributed by atoms with van der Waals surface area (Å²) in [6.07, 6.45) is 4.43. The van der Waals surface area contributed by atoms with E-state index in [1.54, 1.807) is 36.4 Å². The van der Waals surface area contributed by atoms with Crippen LogP contribution < -0.4 is 10.1 Å². The summed E-state index contributed by atoms with van der Waals surface area (Å²) in [5.74, 6) is -0.541. The molecule has 0 aromatic heterocycles.